The summed E-state index contributed by atoms with van der Waals surface area (Å²) in [6.07, 6.45) is 18.7. The van der Waals surface area contributed by atoms with Crippen LogP contribution < -0.4 is 0 Å². The van der Waals surface area contributed by atoms with Gasteiger partial charge in [-0.1, -0.05) is 88.9 Å². The first-order valence-electron chi connectivity index (χ1n) is 10.8. The van der Waals surface area contributed by atoms with E-state index in [2.05, 4.69) is 42.0 Å². The number of benzene rings is 1. The maximum absolute atomic E-state index is 6.52. The van der Waals surface area contributed by atoms with Gasteiger partial charge in [0, 0.05) is 29.4 Å². The molecule has 148 valence electrons. The van der Waals surface area contributed by atoms with Crippen molar-refractivity contribution in [1.82, 2.24) is 9.97 Å². The van der Waals surface area contributed by atoms with Crippen LogP contribution in [0, 0.1) is 0 Å². The predicted molar refractivity (Wildman–Crippen MR) is 117 cm³/mol. The van der Waals surface area contributed by atoms with Crippen molar-refractivity contribution in [2.45, 2.75) is 90.9 Å². The normalized spacial score (nSPS) is 11.1. The second-order valence-corrected chi connectivity index (χ2v) is 7.93. The summed E-state index contributed by atoms with van der Waals surface area (Å²) in [5, 5.41) is 0.864. The molecule has 2 nitrogen and oxygen atoms in total. The first-order chi connectivity index (χ1) is 13.2. The lowest BCUT2D eigenvalue weighted by Crippen LogP contribution is -1.96. The van der Waals surface area contributed by atoms with Crippen LogP contribution >= 0.6 is 11.6 Å². The molecule has 1 aromatic carbocycles. The van der Waals surface area contributed by atoms with Crippen LogP contribution in [0.1, 0.15) is 89.4 Å². The van der Waals surface area contributed by atoms with E-state index in [9.17, 15) is 0 Å². The van der Waals surface area contributed by atoms with Gasteiger partial charge in [0.05, 0.1) is 0 Å². The fourth-order valence-electron chi connectivity index (χ4n) is 3.37. The minimum Gasteiger partial charge on any atom is -0.241 e. The molecule has 0 amide bonds. The summed E-state index contributed by atoms with van der Waals surface area (Å²) < 4.78 is 0. The molecule has 2 aromatic rings. The first kappa shape index (κ1) is 21.9. The molecule has 3 heteroatoms. The smallest absolute Gasteiger partial charge is 0.128 e. The maximum Gasteiger partial charge on any atom is 0.128 e. The van der Waals surface area contributed by atoms with Crippen molar-refractivity contribution in [3.05, 3.63) is 47.0 Å². The number of halogens is 1. The third kappa shape index (κ3) is 8.01. The number of unbranched alkanes of at least 4 members (excludes halogenated alkanes) is 8. The molecule has 1 aromatic heterocycles. The Morgan fingerprint density at radius 3 is 1.89 bits per heavy atom. The zero-order valence-corrected chi connectivity index (χ0v) is 17.9. The molecule has 0 aliphatic carbocycles. The van der Waals surface area contributed by atoms with Crippen LogP contribution in [0.2, 0.25) is 5.02 Å². The Kier molecular flexibility index (Phi) is 10.4. The lowest BCUT2D eigenvalue weighted by molar-refractivity contribution is 0.622. The third-order valence-corrected chi connectivity index (χ3v) is 5.50. The van der Waals surface area contributed by atoms with Crippen molar-refractivity contribution in [2.24, 2.45) is 0 Å². The van der Waals surface area contributed by atoms with Crippen LogP contribution in [0.25, 0.3) is 11.1 Å². The molecule has 0 N–H and O–H groups in total. The van der Waals surface area contributed by atoms with Crippen LogP contribution in [-0.2, 0) is 12.8 Å². The molecule has 0 fully saturated rings. The molecule has 0 saturated heterocycles. The maximum atomic E-state index is 6.52. The summed E-state index contributed by atoms with van der Waals surface area (Å²) in [7, 11) is 0. The van der Waals surface area contributed by atoms with Gasteiger partial charge >= 0.3 is 0 Å². The standard InChI is InChI=1S/C24H35ClN2/c1-3-5-7-9-11-13-20-15-16-21(17-23(20)25)22-18-26-24(27-19-22)14-12-10-8-6-4-2/h15-19H,3-14H2,1-2H3. The van der Waals surface area contributed by atoms with E-state index < -0.39 is 0 Å². The van der Waals surface area contributed by atoms with Crippen molar-refractivity contribution in [1.29, 1.82) is 0 Å². The van der Waals surface area contributed by atoms with E-state index >= 15 is 0 Å². The number of aryl methyl sites for hydroxylation is 2. The van der Waals surface area contributed by atoms with Crippen LogP contribution in [0.3, 0.4) is 0 Å². The monoisotopic (exact) mass is 386 g/mol. The average Bonchev–Trinajstić information content (AvgIpc) is 2.69. The second kappa shape index (κ2) is 12.9. The van der Waals surface area contributed by atoms with Crippen LogP contribution in [0.5, 0.6) is 0 Å². The van der Waals surface area contributed by atoms with E-state index in [0.29, 0.717) is 0 Å². The molecular weight excluding hydrogens is 352 g/mol. The quantitative estimate of drug-likeness (QED) is 0.328. The fourth-order valence-corrected chi connectivity index (χ4v) is 3.64. The van der Waals surface area contributed by atoms with E-state index in [1.807, 2.05) is 12.4 Å². The first-order valence-corrected chi connectivity index (χ1v) is 11.2. The number of rotatable bonds is 13. The summed E-state index contributed by atoms with van der Waals surface area (Å²) in [5.41, 5.74) is 3.40. The van der Waals surface area contributed by atoms with Gasteiger partial charge in [0.25, 0.3) is 0 Å². The molecule has 1 heterocycles. The molecule has 0 spiro atoms. The van der Waals surface area contributed by atoms with E-state index in [-0.39, 0.29) is 0 Å². The second-order valence-electron chi connectivity index (χ2n) is 7.52. The number of aromatic nitrogens is 2. The van der Waals surface area contributed by atoms with Crippen molar-refractivity contribution in [3.8, 4) is 11.1 Å². The molecule has 0 aliphatic rings. The topological polar surface area (TPSA) is 25.8 Å². The molecule has 0 radical (unpaired) electrons. The summed E-state index contributed by atoms with van der Waals surface area (Å²) in [6.45, 7) is 4.49. The molecular formula is C24H35ClN2. The van der Waals surface area contributed by atoms with Crippen LogP contribution in [-0.4, -0.2) is 9.97 Å². The Morgan fingerprint density at radius 2 is 1.30 bits per heavy atom. The fraction of sp³-hybridized carbons (Fsp3) is 0.583. The van der Waals surface area contributed by atoms with Gasteiger partial charge in [-0.15, -0.1) is 0 Å². The highest BCUT2D eigenvalue weighted by molar-refractivity contribution is 6.31. The largest absolute Gasteiger partial charge is 0.241 e. The molecule has 0 saturated carbocycles. The SMILES string of the molecule is CCCCCCCc1ncc(-c2ccc(CCCCCCC)c(Cl)c2)cn1. The lowest BCUT2D eigenvalue weighted by atomic mass is 10.0. The van der Waals surface area contributed by atoms with Crippen LogP contribution in [0.15, 0.2) is 30.6 Å². The van der Waals surface area contributed by atoms with Crippen molar-refractivity contribution in [3.63, 3.8) is 0 Å². The van der Waals surface area contributed by atoms with E-state index in [4.69, 9.17) is 11.6 Å². The van der Waals surface area contributed by atoms with Crippen LogP contribution in [0.4, 0.5) is 0 Å². The number of hydrogen-bond acceptors (Lipinski definition) is 2. The van der Waals surface area contributed by atoms with E-state index in [1.54, 1.807) is 0 Å². The average molecular weight is 387 g/mol. The minimum atomic E-state index is 0.864. The number of hydrogen-bond donors (Lipinski definition) is 0. The van der Waals surface area contributed by atoms with Crippen molar-refractivity contribution >= 4 is 11.6 Å². The van der Waals surface area contributed by atoms with Gasteiger partial charge in [0.15, 0.2) is 0 Å². The highest BCUT2D eigenvalue weighted by atomic mass is 35.5. The Bertz CT molecular complexity index is 652. The molecule has 0 atom stereocenters. The Balaban J connectivity index is 1.85. The summed E-state index contributed by atoms with van der Waals surface area (Å²) in [5.74, 6) is 0.949. The highest BCUT2D eigenvalue weighted by Crippen LogP contribution is 2.26. The van der Waals surface area contributed by atoms with Gasteiger partial charge in [-0.2, -0.15) is 0 Å². The van der Waals surface area contributed by atoms with Gasteiger partial charge in [0.1, 0.15) is 5.82 Å². The third-order valence-electron chi connectivity index (χ3n) is 5.15. The summed E-state index contributed by atoms with van der Waals surface area (Å²) in [6, 6.07) is 6.38. The highest BCUT2D eigenvalue weighted by Gasteiger charge is 2.06. The summed E-state index contributed by atoms with van der Waals surface area (Å²) >= 11 is 6.52. The molecule has 0 bridgehead atoms. The van der Waals surface area contributed by atoms with Gasteiger partial charge in [-0.25, -0.2) is 9.97 Å². The minimum absolute atomic E-state index is 0.864. The van der Waals surface area contributed by atoms with Gasteiger partial charge in [0.2, 0.25) is 0 Å². The van der Waals surface area contributed by atoms with Gasteiger partial charge in [-0.3, -0.25) is 0 Å². The molecule has 0 unspecified atom stereocenters. The van der Waals surface area contributed by atoms with Gasteiger partial charge < -0.3 is 0 Å². The Morgan fingerprint density at radius 1 is 0.704 bits per heavy atom. The zero-order chi connectivity index (χ0) is 19.3. The van der Waals surface area contributed by atoms with Gasteiger partial charge in [-0.05, 0) is 36.5 Å². The zero-order valence-electron chi connectivity index (χ0n) is 17.1. The molecule has 0 aliphatic heterocycles. The van der Waals surface area contributed by atoms with Crippen molar-refractivity contribution in [2.75, 3.05) is 0 Å². The molecule has 27 heavy (non-hydrogen) atoms. The van der Waals surface area contributed by atoms with Crippen molar-refractivity contribution < 1.29 is 0 Å². The lowest BCUT2D eigenvalue weighted by Gasteiger charge is -2.08. The molecule has 2 rings (SSSR count). The predicted octanol–water partition coefficient (Wildman–Crippen LogP) is 7.82. The van der Waals surface area contributed by atoms with E-state index in [1.165, 1.54) is 69.8 Å². The summed E-state index contributed by atoms with van der Waals surface area (Å²) in [4.78, 5) is 9.10. The number of nitrogens with zero attached hydrogens (tertiary/aromatic N) is 2. The van der Waals surface area contributed by atoms with E-state index in [0.717, 1.165) is 34.8 Å². The Labute approximate surface area is 170 Å². The Hall–Kier alpha value is -1.41.